The predicted octanol–water partition coefficient (Wildman–Crippen LogP) is 1.59. The van der Waals surface area contributed by atoms with Crippen molar-refractivity contribution in [1.29, 1.82) is 0 Å². The van der Waals surface area contributed by atoms with E-state index in [1.165, 1.54) is 0 Å². The SMILES string of the molecule is CC1CN(C(=O)N2CCSC(C)(C)C2)CC1C(=O)O. The first-order chi connectivity index (χ1) is 8.80. The molecule has 1 N–H and O–H groups in total. The van der Waals surface area contributed by atoms with Crippen LogP contribution in [0.3, 0.4) is 0 Å². The molecule has 6 heteroatoms. The zero-order valence-corrected chi connectivity index (χ0v) is 12.6. The van der Waals surface area contributed by atoms with E-state index in [1.807, 2.05) is 23.6 Å². The molecular formula is C13H22N2O3S. The van der Waals surface area contributed by atoms with Gasteiger partial charge in [-0.1, -0.05) is 6.92 Å². The molecule has 2 aliphatic rings. The third kappa shape index (κ3) is 3.16. The number of thioether (sulfide) groups is 1. The number of aliphatic carboxylic acids is 1. The van der Waals surface area contributed by atoms with Crippen LogP contribution < -0.4 is 0 Å². The van der Waals surface area contributed by atoms with Crippen molar-refractivity contribution in [2.45, 2.75) is 25.5 Å². The van der Waals surface area contributed by atoms with E-state index in [2.05, 4.69) is 13.8 Å². The molecule has 0 spiro atoms. The zero-order valence-electron chi connectivity index (χ0n) is 11.8. The van der Waals surface area contributed by atoms with Gasteiger partial charge in [-0.15, -0.1) is 0 Å². The lowest BCUT2D eigenvalue weighted by molar-refractivity contribution is -0.142. The smallest absolute Gasteiger partial charge is 0.320 e. The fraction of sp³-hybridized carbons (Fsp3) is 0.846. The maximum absolute atomic E-state index is 12.5. The van der Waals surface area contributed by atoms with Crippen LogP contribution in [-0.2, 0) is 4.79 Å². The highest BCUT2D eigenvalue weighted by atomic mass is 32.2. The molecule has 2 rings (SSSR count). The minimum absolute atomic E-state index is 0.00368. The summed E-state index contributed by atoms with van der Waals surface area (Å²) in [7, 11) is 0. The van der Waals surface area contributed by atoms with E-state index in [-0.39, 0.29) is 16.7 Å². The highest BCUT2D eigenvalue weighted by Gasteiger charge is 2.40. The van der Waals surface area contributed by atoms with E-state index in [4.69, 9.17) is 5.11 Å². The van der Waals surface area contributed by atoms with E-state index >= 15 is 0 Å². The van der Waals surface area contributed by atoms with Gasteiger partial charge in [-0.2, -0.15) is 11.8 Å². The predicted molar refractivity (Wildman–Crippen MR) is 75.4 cm³/mol. The Bertz CT molecular complexity index is 386. The van der Waals surface area contributed by atoms with Gasteiger partial charge in [0.05, 0.1) is 5.92 Å². The van der Waals surface area contributed by atoms with Crippen LogP contribution in [0.2, 0.25) is 0 Å². The van der Waals surface area contributed by atoms with Crippen molar-refractivity contribution in [3.8, 4) is 0 Å². The fourth-order valence-electron chi connectivity index (χ4n) is 2.82. The Morgan fingerprint density at radius 1 is 1.26 bits per heavy atom. The van der Waals surface area contributed by atoms with Crippen LogP contribution in [-0.4, -0.2) is 63.6 Å². The Morgan fingerprint density at radius 3 is 2.47 bits per heavy atom. The van der Waals surface area contributed by atoms with E-state index < -0.39 is 11.9 Å². The van der Waals surface area contributed by atoms with Gasteiger partial charge in [0.15, 0.2) is 0 Å². The Kier molecular flexibility index (Phi) is 3.99. The molecule has 0 saturated carbocycles. The molecule has 0 radical (unpaired) electrons. The summed E-state index contributed by atoms with van der Waals surface area (Å²) in [6.45, 7) is 8.59. The number of nitrogens with zero attached hydrogens (tertiary/aromatic N) is 2. The number of carboxylic acids is 1. The summed E-state index contributed by atoms with van der Waals surface area (Å²) in [5.74, 6) is -0.230. The Balaban J connectivity index is 1.99. The topological polar surface area (TPSA) is 60.9 Å². The molecule has 108 valence electrons. The third-order valence-corrected chi connectivity index (χ3v) is 5.19. The molecule has 0 bridgehead atoms. The minimum atomic E-state index is -0.794. The summed E-state index contributed by atoms with van der Waals surface area (Å²) in [5, 5.41) is 9.12. The van der Waals surface area contributed by atoms with Gasteiger partial charge in [0.1, 0.15) is 0 Å². The Labute approximate surface area is 118 Å². The molecule has 2 saturated heterocycles. The average Bonchev–Trinajstić information content (AvgIpc) is 2.69. The molecule has 2 heterocycles. The van der Waals surface area contributed by atoms with E-state index in [1.54, 1.807) is 4.90 Å². The van der Waals surface area contributed by atoms with Crippen molar-refractivity contribution < 1.29 is 14.7 Å². The number of likely N-dealkylation sites (tertiary alicyclic amines) is 1. The quantitative estimate of drug-likeness (QED) is 0.795. The first-order valence-electron chi connectivity index (χ1n) is 6.71. The molecule has 2 atom stereocenters. The number of rotatable bonds is 1. The van der Waals surface area contributed by atoms with Gasteiger partial charge in [-0.3, -0.25) is 4.79 Å². The standard InChI is InChI=1S/C13H22N2O3S/c1-9-6-15(7-10(9)11(16)17)12(18)14-4-5-19-13(2,3)8-14/h9-10H,4-8H2,1-3H3,(H,16,17). The molecule has 19 heavy (non-hydrogen) atoms. The van der Waals surface area contributed by atoms with Gasteiger partial charge in [0, 0.05) is 36.7 Å². The van der Waals surface area contributed by atoms with Crippen LogP contribution >= 0.6 is 11.8 Å². The first kappa shape index (κ1) is 14.5. The third-order valence-electron chi connectivity index (χ3n) is 3.90. The molecular weight excluding hydrogens is 264 g/mol. The van der Waals surface area contributed by atoms with Crippen molar-refractivity contribution in [3.63, 3.8) is 0 Å². The summed E-state index contributed by atoms with van der Waals surface area (Å²) in [5.41, 5.74) is 0. The number of carbonyl (C=O) groups is 2. The van der Waals surface area contributed by atoms with Gasteiger partial charge in [-0.05, 0) is 19.8 Å². The number of carbonyl (C=O) groups excluding carboxylic acids is 1. The van der Waals surface area contributed by atoms with Gasteiger partial charge >= 0.3 is 12.0 Å². The average molecular weight is 286 g/mol. The summed E-state index contributed by atoms with van der Waals surface area (Å²) < 4.78 is 0.0887. The normalized spacial score (nSPS) is 30.5. The van der Waals surface area contributed by atoms with Crippen LogP contribution in [0.15, 0.2) is 0 Å². The number of hydrogen-bond donors (Lipinski definition) is 1. The van der Waals surface area contributed by atoms with Gasteiger partial charge in [-0.25, -0.2) is 4.79 Å². The molecule has 2 aliphatic heterocycles. The second-order valence-electron chi connectivity index (χ2n) is 6.14. The highest BCUT2D eigenvalue weighted by molar-refractivity contribution is 8.00. The Morgan fingerprint density at radius 2 is 1.95 bits per heavy atom. The van der Waals surface area contributed by atoms with Crippen molar-refractivity contribution in [2.75, 3.05) is 31.9 Å². The molecule has 0 aromatic heterocycles. The fourth-order valence-corrected chi connectivity index (χ4v) is 3.94. The van der Waals surface area contributed by atoms with Crippen LogP contribution in [0.25, 0.3) is 0 Å². The second kappa shape index (κ2) is 5.23. The molecule has 0 aromatic carbocycles. The summed E-state index contributed by atoms with van der Waals surface area (Å²) in [6, 6.07) is 0.00368. The molecule has 2 amide bonds. The maximum Gasteiger partial charge on any atom is 0.320 e. The first-order valence-corrected chi connectivity index (χ1v) is 7.69. The van der Waals surface area contributed by atoms with Gasteiger partial charge in [0.25, 0.3) is 0 Å². The lowest BCUT2D eigenvalue weighted by Crippen LogP contribution is -2.51. The van der Waals surface area contributed by atoms with Crippen LogP contribution in [0.5, 0.6) is 0 Å². The summed E-state index contributed by atoms with van der Waals surface area (Å²) in [6.07, 6.45) is 0. The number of amides is 2. The second-order valence-corrected chi connectivity index (χ2v) is 7.94. The van der Waals surface area contributed by atoms with Crippen molar-refractivity contribution in [1.82, 2.24) is 9.80 Å². The van der Waals surface area contributed by atoms with Crippen molar-refractivity contribution >= 4 is 23.8 Å². The lowest BCUT2D eigenvalue weighted by atomic mass is 9.99. The Hall–Kier alpha value is -0.910. The monoisotopic (exact) mass is 286 g/mol. The molecule has 2 fully saturated rings. The van der Waals surface area contributed by atoms with Gasteiger partial charge in [0.2, 0.25) is 0 Å². The van der Waals surface area contributed by atoms with E-state index in [9.17, 15) is 9.59 Å². The molecule has 0 aliphatic carbocycles. The highest BCUT2D eigenvalue weighted by Crippen LogP contribution is 2.31. The van der Waals surface area contributed by atoms with Crippen LogP contribution in [0.4, 0.5) is 4.79 Å². The molecule has 0 aromatic rings. The van der Waals surface area contributed by atoms with Gasteiger partial charge < -0.3 is 14.9 Å². The summed E-state index contributed by atoms with van der Waals surface area (Å²) >= 11 is 1.88. The van der Waals surface area contributed by atoms with Crippen LogP contribution in [0.1, 0.15) is 20.8 Å². The number of carboxylic acid groups (broad SMARTS) is 1. The van der Waals surface area contributed by atoms with Crippen molar-refractivity contribution in [3.05, 3.63) is 0 Å². The van der Waals surface area contributed by atoms with E-state index in [0.717, 1.165) is 18.8 Å². The lowest BCUT2D eigenvalue weighted by Gasteiger charge is -2.39. The molecule has 2 unspecified atom stereocenters. The number of urea groups is 1. The largest absolute Gasteiger partial charge is 0.481 e. The summed E-state index contributed by atoms with van der Waals surface area (Å²) in [4.78, 5) is 27.1. The van der Waals surface area contributed by atoms with Crippen molar-refractivity contribution in [2.24, 2.45) is 11.8 Å². The minimum Gasteiger partial charge on any atom is -0.481 e. The van der Waals surface area contributed by atoms with E-state index in [0.29, 0.717) is 13.1 Å². The maximum atomic E-state index is 12.5. The number of hydrogen-bond acceptors (Lipinski definition) is 3. The molecule has 5 nitrogen and oxygen atoms in total. The van der Waals surface area contributed by atoms with Crippen LogP contribution in [0, 0.1) is 11.8 Å². The zero-order chi connectivity index (χ0) is 14.2.